The second-order valence-electron chi connectivity index (χ2n) is 4.18. The van der Waals surface area contributed by atoms with Gasteiger partial charge in [0.1, 0.15) is 5.82 Å². The summed E-state index contributed by atoms with van der Waals surface area (Å²) in [7, 11) is 0. The van der Waals surface area contributed by atoms with E-state index in [1.54, 1.807) is 6.08 Å². The molecule has 1 aromatic carbocycles. The van der Waals surface area contributed by atoms with Crippen LogP contribution in [0.4, 0.5) is 4.39 Å². The summed E-state index contributed by atoms with van der Waals surface area (Å²) in [6, 6.07) is 4.11. The fraction of sp³-hybridized carbons (Fsp3) is 0.154. The molecule has 0 unspecified atom stereocenters. The first kappa shape index (κ1) is 12.0. The monoisotopic (exact) mass is 277 g/mol. The number of nitrogens with zero attached hydrogens (tertiary/aromatic N) is 3. The summed E-state index contributed by atoms with van der Waals surface area (Å²) in [6.45, 7) is 0.530. The average molecular weight is 278 g/mol. The van der Waals surface area contributed by atoms with Gasteiger partial charge in [-0.25, -0.2) is 4.39 Å². The van der Waals surface area contributed by atoms with E-state index in [4.69, 9.17) is 11.6 Å². The molecule has 0 saturated heterocycles. The molecule has 0 spiro atoms. The Balaban J connectivity index is 2.21. The molecule has 1 aliphatic rings. The molecular weight excluding hydrogens is 269 g/mol. The van der Waals surface area contributed by atoms with E-state index in [2.05, 4.69) is 10.2 Å². The maximum absolute atomic E-state index is 13.8. The van der Waals surface area contributed by atoms with Crippen LogP contribution in [0.15, 0.2) is 29.1 Å². The Bertz CT molecular complexity index is 739. The van der Waals surface area contributed by atoms with Gasteiger partial charge in [0, 0.05) is 17.1 Å². The molecule has 0 fully saturated rings. The van der Waals surface area contributed by atoms with Crippen LogP contribution in [-0.4, -0.2) is 14.8 Å². The van der Waals surface area contributed by atoms with Gasteiger partial charge in [-0.1, -0.05) is 17.7 Å². The van der Waals surface area contributed by atoms with E-state index in [1.807, 2.05) is 6.08 Å². The molecule has 4 nitrogen and oxygen atoms in total. The van der Waals surface area contributed by atoms with E-state index in [-0.39, 0.29) is 21.8 Å². The molecule has 0 radical (unpaired) electrons. The summed E-state index contributed by atoms with van der Waals surface area (Å²) in [5, 5.41) is 8.05. The van der Waals surface area contributed by atoms with Crippen molar-refractivity contribution in [3.05, 3.63) is 51.3 Å². The Hall–Kier alpha value is -2.01. The number of aromatic nitrogens is 3. The van der Waals surface area contributed by atoms with E-state index in [9.17, 15) is 9.18 Å². The first-order chi connectivity index (χ1) is 9.16. The van der Waals surface area contributed by atoms with Crippen molar-refractivity contribution in [3.8, 4) is 11.3 Å². The zero-order valence-corrected chi connectivity index (χ0v) is 10.6. The topological polar surface area (TPSA) is 47.8 Å². The number of benzene rings is 1. The van der Waals surface area contributed by atoms with Crippen LogP contribution in [0.5, 0.6) is 0 Å². The molecule has 1 aromatic heterocycles. The number of rotatable bonds is 1. The van der Waals surface area contributed by atoms with Crippen LogP contribution in [0.3, 0.4) is 0 Å². The van der Waals surface area contributed by atoms with Gasteiger partial charge in [-0.2, -0.15) is 0 Å². The molecule has 0 bridgehead atoms. The molecule has 0 saturated carbocycles. The maximum Gasteiger partial charge on any atom is 0.280 e. The molecule has 3 rings (SSSR count). The third-order valence-electron chi connectivity index (χ3n) is 2.95. The van der Waals surface area contributed by atoms with Crippen molar-refractivity contribution < 1.29 is 4.39 Å². The predicted molar refractivity (Wildman–Crippen MR) is 70.3 cm³/mol. The zero-order chi connectivity index (χ0) is 13.4. The quantitative estimate of drug-likeness (QED) is 0.805. The average Bonchev–Trinajstić information content (AvgIpc) is 2.41. The van der Waals surface area contributed by atoms with Gasteiger partial charge in [-0.3, -0.25) is 9.36 Å². The highest BCUT2D eigenvalue weighted by Gasteiger charge is 2.16. The number of hydrogen-bond acceptors (Lipinski definition) is 3. The van der Waals surface area contributed by atoms with Gasteiger partial charge in [0.15, 0.2) is 11.5 Å². The normalized spacial score (nSPS) is 13.4. The van der Waals surface area contributed by atoms with Crippen LogP contribution >= 0.6 is 11.6 Å². The Morgan fingerprint density at radius 3 is 2.95 bits per heavy atom. The highest BCUT2D eigenvalue weighted by molar-refractivity contribution is 6.30. The smallest absolute Gasteiger partial charge is 0.280 e. The Labute approximate surface area is 113 Å². The molecule has 2 aromatic rings. The maximum atomic E-state index is 13.8. The highest BCUT2D eigenvalue weighted by atomic mass is 35.5. The van der Waals surface area contributed by atoms with Crippen molar-refractivity contribution in [3.63, 3.8) is 0 Å². The fourth-order valence-corrected chi connectivity index (χ4v) is 2.17. The Morgan fingerprint density at radius 1 is 1.32 bits per heavy atom. The largest absolute Gasteiger partial charge is 0.289 e. The van der Waals surface area contributed by atoms with Crippen LogP contribution in [0.25, 0.3) is 17.3 Å². The molecule has 1 aliphatic heterocycles. The van der Waals surface area contributed by atoms with Gasteiger partial charge in [0.25, 0.3) is 5.56 Å². The predicted octanol–water partition coefficient (Wildman–Crippen LogP) is 2.51. The fourth-order valence-electron chi connectivity index (χ4n) is 2.01. The van der Waals surface area contributed by atoms with Gasteiger partial charge in [0.2, 0.25) is 0 Å². The van der Waals surface area contributed by atoms with Gasteiger partial charge in [0.05, 0.1) is 0 Å². The standard InChI is InChI=1S/C13H9ClFN3O/c14-8-4-5-9(10(15)7-8)12-13(19)18-6-2-1-3-11(18)16-17-12/h1,3-5,7H,2,6H2. The number of allylic oxidation sites excluding steroid dienone is 1. The lowest BCUT2D eigenvalue weighted by Gasteiger charge is -2.12. The minimum absolute atomic E-state index is 0.00761. The van der Waals surface area contributed by atoms with E-state index >= 15 is 0 Å². The van der Waals surface area contributed by atoms with Crippen LogP contribution in [0.1, 0.15) is 12.2 Å². The summed E-state index contributed by atoms with van der Waals surface area (Å²) in [5.74, 6) is -0.0832. The van der Waals surface area contributed by atoms with Gasteiger partial charge < -0.3 is 0 Å². The zero-order valence-electron chi connectivity index (χ0n) is 9.81. The highest BCUT2D eigenvalue weighted by Crippen LogP contribution is 2.21. The lowest BCUT2D eigenvalue weighted by atomic mass is 10.1. The second-order valence-corrected chi connectivity index (χ2v) is 4.62. The lowest BCUT2D eigenvalue weighted by Crippen LogP contribution is -2.28. The summed E-state index contributed by atoms with van der Waals surface area (Å²) < 4.78 is 15.3. The van der Waals surface area contributed by atoms with Gasteiger partial charge in [-0.05, 0) is 30.7 Å². The van der Waals surface area contributed by atoms with E-state index in [0.717, 1.165) is 12.5 Å². The number of halogens is 2. The third kappa shape index (κ3) is 2.06. The van der Waals surface area contributed by atoms with Crippen molar-refractivity contribution in [1.82, 2.24) is 14.8 Å². The minimum atomic E-state index is -0.578. The first-order valence-corrected chi connectivity index (χ1v) is 6.14. The van der Waals surface area contributed by atoms with Crippen molar-refractivity contribution in [2.24, 2.45) is 0 Å². The molecule has 19 heavy (non-hydrogen) atoms. The molecule has 0 atom stereocenters. The Morgan fingerprint density at radius 2 is 2.16 bits per heavy atom. The Kier molecular flexibility index (Phi) is 2.91. The van der Waals surface area contributed by atoms with Crippen LogP contribution in [0.2, 0.25) is 5.02 Å². The van der Waals surface area contributed by atoms with Crippen LogP contribution in [-0.2, 0) is 6.54 Å². The van der Waals surface area contributed by atoms with Crippen LogP contribution in [0, 0.1) is 5.82 Å². The van der Waals surface area contributed by atoms with E-state index in [1.165, 1.54) is 16.7 Å². The van der Waals surface area contributed by atoms with E-state index in [0.29, 0.717) is 12.4 Å². The summed E-state index contributed by atoms with van der Waals surface area (Å²) >= 11 is 5.69. The molecule has 0 N–H and O–H groups in total. The summed E-state index contributed by atoms with van der Waals surface area (Å²) in [6.07, 6.45) is 4.41. The van der Waals surface area contributed by atoms with E-state index < -0.39 is 5.82 Å². The molecular formula is C13H9ClFN3O. The van der Waals surface area contributed by atoms with Crippen molar-refractivity contribution in [2.45, 2.75) is 13.0 Å². The van der Waals surface area contributed by atoms with Crippen molar-refractivity contribution >= 4 is 17.7 Å². The third-order valence-corrected chi connectivity index (χ3v) is 3.18. The van der Waals surface area contributed by atoms with Crippen LogP contribution < -0.4 is 5.56 Å². The molecule has 96 valence electrons. The molecule has 0 aliphatic carbocycles. The number of hydrogen-bond donors (Lipinski definition) is 0. The lowest BCUT2D eigenvalue weighted by molar-refractivity contribution is 0.616. The van der Waals surface area contributed by atoms with Gasteiger partial charge >= 0.3 is 0 Å². The minimum Gasteiger partial charge on any atom is -0.289 e. The summed E-state index contributed by atoms with van der Waals surface area (Å²) in [4.78, 5) is 12.3. The number of fused-ring (bicyclic) bond motifs is 1. The molecule has 0 amide bonds. The SMILES string of the molecule is O=c1c(-c2ccc(Cl)cc2F)nnc2n1CCC=C2. The second kappa shape index (κ2) is 4.59. The summed E-state index contributed by atoms with van der Waals surface area (Å²) in [5.41, 5.74) is -0.212. The molecule has 2 heterocycles. The van der Waals surface area contributed by atoms with Crippen molar-refractivity contribution in [2.75, 3.05) is 0 Å². The van der Waals surface area contributed by atoms with Gasteiger partial charge in [-0.15, -0.1) is 10.2 Å². The first-order valence-electron chi connectivity index (χ1n) is 5.76. The molecule has 6 heteroatoms. The van der Waals surface area contributed by atoms with Crippen molar-refractivity contribution in [1.29, 1.82) is 0 Å².